The highest BCUT2D eigenvalue weighted by Crippen LogP contribution is 2.29. The first-order valence-electron chi connectivity index (χ1n) is 12.0. The second-order valence-electron chi connectivity index (χ2n) is 9.41. The van der Waals surface area contributed by atoms with Crippen LogP contribution in [-0.4, -0.2) is 36.5 Å². The lowest BCUT2D eigenvalue weighted by atomic mass is 10.0. The highest BCUT2D eigenvalue weighted by atomic mass is 35.5. The lowest BCUT2D eigenvalue weighted by molar-refractivity contribution is -0.128. The van der Waals surface area contributed by atoms with Gasteiger partial charge in [0.05, 0.1) is 6.54 Å². The molecule has 0 radical (unpaired) electrons. The number of anilines is 1. The number of halogens is 1. The van der Waals surface area contributed by atoms with Crippen molar-refractivity contribution in [1.29, 1.82) is 0 Å². The van der Waals surface area contributed by atoms with Gasteiger partial charge in [-0.05, 0) is 53.4 Å². The van der Waals surface area contributed by atoms with Crippen LogP contribution in [-0.2, 0) is 11.3 Å². The number of hydrogen-bond donors (Lipinski definition) is 0. The molecule has 4 rings (SSSR count). The molecule has 0 saturated carbocycles. The Morgan fingerprint density at radius 3 is 2.44 bits per heavy atom. The molecule has 3 aromatic carbocycles. The van der Waals surface area contributed by atoms with E-state index in [1.165, 1.54) is 11.1 Å². The van der Waals surface area contributed by atoms with Gasteiger partial charge in [0.1, 0.15) is 11.9 Å². The van der Waals surface area contributed by atoms with Crippen LogP contribution in [0.4, 0.5) is 5.69 Å². The number of amides is 1. The van der Waals surface area contributed by atoms with E-state index in [0.29, 0.717) is 19.0 Å². The number of carbonyl (C=O) groups is 1. The van der Waals surface area contributed by atoms with Gasteiger partial charge in [-0.25, -0.2) is 0 Å². The summed E-state index contributed by atoms with van der Waals surface area (Å²) in [6, 6.07) is 26.7. The molecule has 2 atom stereocenters. The minimum absolute atomic E-state index is 0.0723. The molecule has 1 unspecified atom stereocenters. The molecule has 1 fully saturated rings. The Labute approximate surface area is 208 Å². The first kappa shape index (κ1) is 24.2. The fraction of sp³-hybridized carbons (Fsp3) is 0.345. The summed E-state index contributed by atoms with van der Waals surface area (Å²) in [5.74, 6) is 1.56. The summed E-state index contributed by atoms with van der Waals surface area (Å²) >= 11 is 6.17. The normalized spacial score (nSPS) is 17.7. The molecule has 1 amide bonds. The predicted octanol–water partition coefficient (Wildman–Crippen LogP) is 6.40. The fourth-order valence-corrected chi connectivity index (χ4v) is 4.66. The predicted molar refractivity (Wildman–Crippen MR) is 140 cm³/mol. The molecule has 0 aliphatic carbocycles. The molecule has 0 spiro atoms. The maximum atomic E-state index is 12.3. The molecule has 1 saturated heterocycles. The summed E-state index contributed by atoms with van der Waals surface area (Å²) in [6.07, 6.45) is -0.0723. The van der Waals surface area contributed by atoms with Gasteiger partial charge < -0.3 is 14.5 Å². The average Bonchev–Trinajstić information content (AvgIpc) is 3.22. The Hall–Kier alpha value is -2.98. The zero-order chi connectivity index (χ0) is 24.1. The number of carbonyl (C=O) groups excluding carboxylic acids is 1. The zero-order valence-electron chi connectivity index (χ0n) is 20.2. The monoisotopic (exact) mass is 476 g/mol. The third kappa shape index (κ3) is 6.12. The largest absolute Gasteiger partial charge is 0.488 e. The van der Waals surface area contributed by atoms with Crippen LogP contribution < -0.4 is 9.64 Å². The summed E-state index contributed by atoms with van der Waals surface area (Å²) in [4.78, 5) is 16.5. The van der Waals surface area contributed by atoms with E-state index in [-0.39, 0.29) is 17.9 Å². The molecular weight excluding hydrogens is 444 g/mol. The van der Waals surface area contributed by atoms with Gasteiger partial charge in [0.25, 0.3) is 0 Å². The number of likely N-dealkylation sites (tertiary alicyclic amines) is 1. The molecular formula is C29H33ClN2O2. The van der Waals surface area contributed by atoms with Gasteiger partial charge in [-0.2, -0.15) is 0 Å². The van der Waals surface area contributed by atoms with Crippen LogP contribution >= 0.6 is 11.6 Å². The summed E-state index contributed by atoms with van der Waals surface area (Å²) in [6.45, 7) is 8.84. The quantitative estimate of drug-likeness (QED) is 0.377. The van der Waals surface area contributed by atoms with Gasteiger partial charge >= 0.3 is 0 Å². The SMILES string of the molecule is CC(=O)N1CC(Oc2cccc(C(C)C)c2)[C@@H](CN(Cc2ccccc2)c2ccc(Cl)cc2)C1. The van der Waals surface area contributed by atoms with Crippen LogP contribution in [0.25, 0.3) is 0 Å². The van der Waals surface area contributed by atoms with Crippen LogP contribution in [0, 0.1) is 5.92 Å². The van der Waals surface area contributed by atoms with Crippen LogP contribution in [0.5, 0.6) is 5.75 Å². The molecule has 34 heavy (non-hydrogen) atoms. The third-order valence-electron chi connectivity index (χ3n) is 6.50. The van der Waals surface area contributed by atoms with E-state index >= 15 is 0 Å². The van der Waals surface area contributed by atoms with Crippen molar-refractivity contribution in [2.24, 2.45) is 5.92 Å². The number of ether oxygens (including phenoxy) is 1. The van der Waals surface area contributed by atoms with Crippen molar-refractivity contribution in [3.63, 3.8) is 0 Å². The van der Waals surface area contributed by atoms with Crippen LogP contribution in [0.3, 0.4) is 0 Å². The lowest BCUT2D eigenvalue weighted by Gasteiger charge is -2.30. The Morgan fingerprint density at radius 1 is 1.03 bits per heavy atom. The standard InChI is InChI=1S/C29H33ClN2O2/c1-21(2)24-10-7-11-28(16-24)34-29-20-31(22(3)33)18-25(29)19-32(17-23-8-5-4-6-9-23)27-14-12-26(30)13-15-27/h4-16,21,25,29H,17-20H2,1-3H3/t25-,29?/m1/s1. The highest BCUT2D eigenvalue weighted by Gasteiger charge is 2.37. The van der Waals surface area contributed by atoms with Crippen molar-refractivity contribution in [3.05, 3.63) is 95.0 Å². The molecule has 1 aliphatic heterocycles. The Bertz CT molecular complexity index is 1080. The van der Waals surface area contributed by atoms with Crippen LogP contribution in [0.2, 0.25) is 5.02 Å². The molecule has 0 bridgehead atoms. The zero-order valence-corrected chi connectivity index (χ0v) is 20.9. The van der Waals surface area contributed by atoms with Crippen molar-refractivity contribution in [1.82, 2.24) is 4.90 Å². The van der Waals surface area contributed by atoms with E-state index in [1.54, 1.807) is 6.92 Å². The van der Waals surface area contributed by atoms with E-state index in [2.05, 4.69) is 67.3 Å². The maximum absolute atomic E-state index is 12.3. The molecule has 178 valence electrons. The first-order chi connectivity index (χ1) is 16.4. The van der Waals surface area contributed by atoms with Crippen molar-refractivity contribution in [2.75, 3.05) is 24.5 Å². The van der Waals surface area contributed by atoms with Gasteiger partial charge in [0.2, 0.25) is 5.91 Å². The average molecular weight is 477 g/mol. The van der Waals surface area contributed by atoms with E-state index in [9.17, 15) is 4.79 Å². The van der Waals surface area contributed by atoms with Crippen molar-refractivity contribution < 1.29 is 9.53 Å². The van der Waals surface area contributed by atoms with Crippen LogP contribution in [0.1, 0.15) is 37.8 Å². The molecule has 1 aliphatic rings. The lowest BCUT2D eigenvalue weighted by Crippen LogP contribution is -2.37. The number of nitrogens with zero attached hydrogens (tertiary/aromatic N) is 2. The van der Waals surface area contributed by atoms with Gasteiger partial charge in [-0.3, -0.25) is 4.79 Å². The summed E-state index contributed by atoms with van der Waals surface area (Å²) in [5.41, 5.74) is 3.60. The second kappa shape index (κ2) is 11.0. The maximum Gasteiger partial charge on any atom is 0.219 e. The van der Waals surface area contributed by atoms with Gasteiger partial charge in [0, 0.05) is 43.2 Å². The Morgan fingerprint density at radius 2 is 1.76 bits per heavy atom. The van der Waals surface area contributed by atoms with Crippen molar-refractivity contribution in [3.8, 4) is 5.75 Å². The number of rotatable bonds is 8. The Balaban J connectivity index is 1.58. The smallest absolute Gasteiger partial charge is 0.219 e. The van der Waals surface area contributed by atoms with Crippen molar-refractivity contribution >= 4 is 23.2 Å². The molecule has 5 heteroatoms. The molecule has 0 N–H and O–H groups in total. The van der Waals surface area contributed by atoms with E-state index in [4.69, 9.17) is 16.3 Å². The van der Waals surface area contributed by atoms with Gasteiger partial charge in [0.15, 0.2) is 0 Å². The molecule has 4 nitrogen and oxygen atoms in total. The van der Waals surface area contributed by atoms with E-state index < -0.39 is 0 Å². The minimum Gasteiger partial charge on any atom is -0.488 e. The molecule has 1 heterocycles. The first-order valence-corrected chi connectivity index (χ1v) is 12.3. The van der Waals surface area contributed by atoms with Crippen molar-refractivity contribution in [2.45, 2.75) is 39.3 Å². The van der Waals surface area contributed by atoms with Gasteiger partial charge in [-0.15, -0.1) is 0 Å². The highest BCUT2D eigenvalue weighted by molar-refractivity contribution is 6.30. The molecule has 3 aromatic rings. The van der Waals surface area contributed by atoms with Gasteiger partial charge in [-0.1, -0.05) is 67.9 Å². The van der Waals surface area contributed by atoms with E-state index in [0.717, 1.165) is 29.5 Å². The fourth-order valence-electron chi connectivity index (χ4n) is 4.53. The topological polar surface area (TPSA) is 32.8 Å². The summed E-state index contributed by atoms with van der Waals surface area (Å²) < 4.78 is 6.52. The summed E-state index contributed by atoms with van der Waals surface area (Å²) in [5, 5.41) is 0.721. The number of benzene rings is 3. The Kier molecular flexibility index (Phi) is 7.79. The second-order valence-corrected chi connectivity index (χ2v) is 9.85. The van der Waals surface area contributed by atoms with Crippen LogP contribution in [0.15, 0.2) is 78.9 Å². The molecule has 0 aromatic heterocycles. The van der Waals surface area contributed by atoms with E-state index in [1.807, 2.05) is 35.2 Å². The minimum atomic E-state index is -0.0723. The number of hydrogen-bond acceptors (Lipinski definition) is 3. The third-order valence-corrected chi connectivity index (χ3v) is 6.75. The summed E-state index contributed by atoms with van der Waals surface area (Å²) in [7, 11) is 0.